The highest BCUT2D eigenvalue weighted by molar-refractivity contribution is 6.31. The molecular formula is C11H9ClN2O2. The standard InChI is InChI=1S/C11H9ClN2O2/c12-7-3-4-10(15)9(6-7)14-11(16)8-2-1-5-13-8/h1-6,13,15H,(H,14,16). The normalized spacial score (nSPS) is 10.1. The Morgan fingerprint density at radius 2 is 2.19 bits per heavy atom. The van der Waals surface area contributed by atoms with E-state index >= 15 is 0 Å². The molecule has 1 amide bonds. The van der Waals surface area contributed by atoms with Gasteiger partial charge in [-0.15, -0.1) is 0 Å². The van der Waals surface area contributed by atoms with E-state index in [1.165, 1.54) is 12.1 Å². The number of nitrogens with one attached hydrogen (secondary N) is 2. The third kappa shape index (κ3) is 2.17. The number of anilines is 1. The van der Waals surface area contributed by atoms with Crippen molar-refractivity contribution in [3.63, 3.8) is 0 Å². The van der Waals surface area contributed by atoms with Gasteiger partial charge in [0.05, 0.1) is 5.69 Å². The van der Waals surface area contributed by atoms with Crippen LogP contribution in [0.15, 0.2) is 36.5 Å². The molecule has 16 heavy (non-hydrogen) atoms. The number of carbonyl (C=O) groups excluding carboxylic acids is 1. The van der Waals surface area contributed by atoms with Gasteiger partial charge in [-0.05, 0) is 30.3 Å². The number of aromatic amines is 1. The average Bonchev–Trinajstić information content (AvgIpc) is 2.76. The van der Waals surface area contributed by atoms with E-state index in [9.17, 15) is 9.90 Å². The predicted octanol–water partition coefficient (Wildman–Crippen LogP) is 2.63. The van der Waals surface area contributed by atoms with Crippen LogP contribution < -0.4 is 5.32 Å². The topological polar surface area (TPSA) is 65.1 Å². The van der Waals surface area contributed by atoms with Crippen LogP contribution >= 0.6 is 11.6 Å². The fourth-order valence-electron chi connectivity index (χ4n) is 1.27. The van der Waals surface area contributed by atoms with E-state index in [4.69, 9.17) is 11.6 Å². The Hall–Kier alpha value is -1.94. The zero-order valence-electron chi connectivity index (χ0n) is 8.20. The zero-order chi connectivity index (χ0) is 11.5. The first-order valence-corrected chi connectivity index (χ1v) is 4.98. The summed E-state index contributed by atoms with van der Waals surface area (Å²) in [5, 5.41) is 12.5. The van der Waals surface area contributed by atoms with Crippen LogP contribution in [0.25, 0.3) is 0 Å². The van der Waals surface area contributed by atoms with Crippen molar-refractivity contribution < 1.29 is 9.90 Å². The Labute approximate surface area is 96.9 Å². The molecule has 5 heteroatoms. The van der Waals surface area contributed by atoms with Crippen molar-refractivity contribution in [3.05, 3.63) is 47.2 Å². The minimum absolute atomic E-state index is 0.0238. The molecule has 0 atom stereocenters. The molecule has 1 aromatic heterocycles. The Morgan fingerprint density at radius 1 is 1.38 bits per heavy atom. The van der Waals surface area contributed by atoms with E-state index < -0.39 is 0 Å². The van der Waals surface area contributed by atoms with Crippen LogP contribution in [0.5, 0.6) is 5.75 Å². The molecule has 0 bridgehead atoms. The summed E-state index contributed by atoms with van der Waals surface area (Å²) in [4.78, 5) is 14.4. The molecule has 0 unspecified atom stereocenters. The van der Waals surface area contributed by atoms with Gasteiger partial charge < -0.3 is 15.4 Å². The van der Waals surface area contributed by atoms with Gasteiger partial charge in [-0.25, -0.2) is 0 Å². The molecule has 1 aromatic carbocycles. The smallest absolute Gasteiger partial charge is 0.272 e. The Bertz CT molecular complexity index is 509. The number of rotatable bonds is 2. The fourth-order valence-corrected chi connectivity index (χ4v) is 1.44. The lowest BCUT2D eigenvalue weighted by Crippen LogP contribution is -2.12. The number of H-pyrrole nitrogens is 1. The van der Waals surface area contributed by atoms with E-state index in [0.29, 0.717) is 10.7 Å². The van der Waals surface area contributed by atoms with Crippen LogP contribution in [-0.2, 0) is 0 Å². The van der Waals surface area contributed by atoms with Crippen LogP contribution in [0.1, 0.15) is 10.5 Å². The molecule has 0 saturated carbocycles. The third-order valence-electron chi connectivity index (χ3n) is 2.05. The van der Waals surface area contributed by atoms with E-state index in [0.717, 1.165) is 0 Å². The summed E-state index contributed by atoms with van der Waals surface area (Å²) < 4.78 is 0. The first-order valence-electron chi connectivity index (χ1n) is 4.60. The van der Waals surface area contributed by atoms with Crippen molar-refractivity contribution in [2.45, 2.75) is 0 Å². The van der Waals surface area contributed by atoms with E-state index in [1.54, 1.807) is 24.4 Å². The Kier molecular flexibility index (Phi) is 2.83. The highest BCUT2D eigenvalue weighted by Crippen LogP contribution is 2.26. The lowest BCUT2D eigenvalue weighted by atomic mass is 10.3. The van der Waals surface area contributed by atoms with Crippen molar-refractivity contribution in [3.8, 4) is 5.75 Å². The van der Waals surface area contributed by atoms with E-state index in [2.05, 4.69) is 10.3 Å². The van der Waals surface area contributed by atoms with E-state index in [1.807, 2.05) is 0 Å². The number of hydrogen-bond acceptors (Lipinski definition) is 2. The van der Waals surface area contributed by atoms with Crippen LogP contribution in [-0.4, -0.2) is 16.0 Å². The van der Waals surface area contributed by atoms with E-state index in [-0.39, 0.29) is 17.3 Å². The highest BCUT2D eigenvalue weighted by Gasteiger charge is 2.09. The summed E-state index contributed by atoms with van der Waals surface area (Å²) in [5.74, 6) is -0.355. The van der Waals surface area contributed by atoms with Crippen molar-refractivity contribution in [1.29, 1.82) is 0 Å². The van der Waals surface area contributed by atoms with Gasteiger partial charge in [0.1, 0.15) is 11.4 Å². The molecular weight excluding hydrogens is 228 g/mol. The molecule has 0 spiro atoms. The zero-order valence-corrected chi connectivity index (χ0v) is 8.95. The number of benzene rings is 1. The van der Waals surface area contributed by atoms with Crippen LogP contribution in [0.4, 0.5) is 5.69 Å². The highest BCUT2D eigenvalue weighted by atomic mass is 35.5. The summed E-state index contributed by atoms with van der Waals surface area (Å²) in [5.41, 5.74) is 0.700. The van der Waals surface area contributed by atoms with Crippen LogP contribution in [0.3, 0.4) is 0 Å². The summed E-state index contributed by atoms with van der Waals surface area (Å²) >= 11 is 5.75. The van der Waals surface area contributed by atoms with Crippen molar-refractivity contribution >= 4 is 23.2 Å². The number of halogens is 1. The average molecular weight is 237 g/mol. The van der Waals surface area contributed by atoms with Crippen LogP contribution in [0, 0.1) is 0 Å². The molecule has 0 aliphatic rings. The van der Waals surface area contributed by atoms with Crippen molar-refractivity contribution in [2.24, 2.45) is 0 Å². The molecule has 0 fully saturated rings. The third-order valence-corrected chi connectivity index (χ3v) is 2.28. The monoisotopic (exact) mass is 236 g/mol. The molecule has 2 aromatic rings. The molecule has 0 radical (unpaired) electrons. The molecule has 1 heterocycles. The first-order chi connectivity index (χ1) is 7.66. The molecule has 0 aliphatic carbocycles. The lowest BCUT2D eigenvalue weighted by molar-refractivity contribution is 0.102. The maximum atomic E-state index is 11.6. The van der Waals surface area contributed by atoms with Gasteiger partial charge >= 0.3 is 0 Å². The summed E-state index contributed by atoms with van der Waals surface area (Å²) in [6.07, 6.45) is 1.65. The number of phenolic OH excluding ortho intramolecular Hbond substituents is 1. The second-order valence-electron chi connectivity index (χ2n) is 3.20. The Morgan fingerprint density at radius 3 is 2.88 bits per heavy atom. The largest absolute Gasteiger partial charge is 0.506 e. The minimum atomic E-state index is -0.331. The molecule has 0 aliphatic heterocycles. The number of aromatic hydroxyl groups is 1. The van der Waals surface area contributed by atoms with Gasteiger partial charge in [0.25, 0.3) is 5.91 Å². The second-order valence-corrected chi connectivity index (χ2v) is 3.64. The Balaban J connectivity index is 2.21. The number of aromatic nitrogens is 1. The van der Waals surface area contributed by atoms with Crippen molar-refractivity contribution in [2.75, 3.05) is 5.32 Å². The summed E-state index contributed by atoms with van der Waals surface area (Å²) in [6.45, 7) is 0. The van der Waals surface area contributed by atoms with Crippen molar-refractivity contribution in [1.82, 2.24) is 4.98 Å². The van der Waals surface area contributed by atoms with Gasteiger partial charge in [-0.1, -0.05) is 11.6 Å². The molecule has 2 rings (SSSR count). The predicted molar refractivity (Wildman–Crippen MR) is 61.9 cm³/mol. The fraction of sp³-hybridized carbons (Fsp3) is 0. The van der Waals surface area contributed by atoms with Gasteiger partial charge in [-0.2, -0.15) is 0 Å². The number of phenols is 1. The molecule has 0 saturated heterocycles. The molecule has 3 N–H and O–H groups in total. The second kappa shape index (κ2) is 4.28. The van der Waals surface area contributed by atoms with Gasteiger partial charge in [-0.3, -0.25) is 4.79 Å². The van der Waals surface area contributed by atoms with Crippen LogP contribution in [0.2, 0.25) is 5.02 Å². The number of amides is 1. The lowest BCUT2D eigenvalue weighted by Gasteiger charge is -2.06. The molecule has 4 nitrogen and oxygen atoms in total. The minimum Gasteiger partial charge on any atom is -0.506 e. The molecule has 82 valence electrons. The maximum Gasteiger partial charge on any atom is 0.272 e. The van der Waals surface area contributed by atoms with Gasteiger partial charge in [0.2, 0.25) is 0 Å². The van der Waals surface area contributed by atoms with Gasteiger partial charge in [0, 0.05) is 11.2 Å². The number of hydrogen-bond donors (Lipinski definition) is 3. The quantitative estimate of drug-likeness (QED) is 0.702. The SMILES string of the molecule is O=C(Nc1cc(Cl)ccc1O)c1ccc[nH]1. The summed E-state index contributed by atoms with van der Waals surface area (Å²) in [7, 11) is 0. The van der Waals surface area contributed by atoms with Gasteiger partial charge in [0.15, 0.2) is 0 Å². The first kappa shape index (κ1) is 10.6. The summed E-state index contributed by atoms with van der Waals surface area (Å²) in [6, 6.07) is 7.80. The number of carbonyl (C=O) groups is 1. The maximum absolute atomic E-state index is 11.6.